The zero-order valence-corrected chi connectivity index (χ0v) is 15.5. The van der Waals surface area contributed by atoms with Crippen molar-refractivity contribution >= 4 is 11.6 Å². The number of carbonyl (C=O) groups excluding carboxylic acids is 1. The Morgan fingerprint density at radius 2 is 1.77 bits per heavy atom. The molecule has 2 aromatic carbocycles. The second-order valence-corrected chi connectivity index (χ2v) is 6.34. The molecule has 0 aliphatic carbocycles. The zero-order valence-electron chi connectivity index (χ0n) is 15.5. The fourth-order valence-corrected chi connectivity index (χ4v) is 2.95. The van der Waals surface area contributed by atoms with Gasteiger partial charge in [-0.25, -0.2) is 0 Å². The van der Waals surface area contributed by atoms with Crippen LogP contribution in [0.2, 0.25) is 0 Å². The number of benzene rings is 2. The molecule has 0 aromatic heterocycles. The summed E-state index contributed by atoms with van der Waals surface area (Å²) < 4.78 is 0. The van der Waals surface area contributed by atoms with E-state index in [4.69, 9.17) is 0 Å². The number of quaternary nitrogens is 1. The molecule has 2 rings (SSSR count). The fraction of sp³-hybridized carbons (Fsp3) is 0.350. The minimum atomic E-state index is -0.442. The van der Waals surface area contributed by atoms with Gasteiger partial charge in [-0.1, -0.05) is 24.3 Å². The van der Waals surface area contributed by atoms with Crippen LogP contribution in [0.1, 0.15) is 40.9 Å². The van der Waals surface area contributed by atoms with Gasteiger partial charge >= 0.3 is 0 Å². The summed E-state index contributed by atoms with van der Waals surface area (Å²) in [5.74, 6) is -0.229. The molecule has 0 unspecified atom stereocenters. The summed E-state index contributed by atoms with van der Waals surface area (Å²) in [7, 11) is 0. The quantitative estimate of drug-likeness (QED) is 0.563. The Kier molecular flexibility index (Phi) is 6.86. The van der Waals surface area contributed by atoms with Crippen molar-refractivity contribution in [2.75, 3.05) is 13.1 Å². The number of nitro benzene ring substituents is 1. The summed E-state index contributed by atoms with van der Waals surface area (Å²) in [6, 6.07) is 12.5. The molecule has 0 radical (unpaired) electrons. The highest BCUT2D eigenvalue weighted by Crippen LogP contribution is 2.18. The van der Waals surface area contributed by atoms with Crippen LogP contribution in [0, 0.1) is 17.0 Å². The molecule has 0 saturated carbocycles. The number of amides is 1. The van der Waals surface area contributed by atoms with E-state index in [0.29, 0.717) is 17.7 Å². The van der Waals surface area contributed by atoms with Gasteiger partial charge in [0.05, 0.1) is 18.0 Å². The van der Waals surface area contributed by atoms with E-state index in [1.54, 1.807) is 13.0 Å². The number of nitrogens with zero attached hydrogens (tertiary/aromatic N) is 1. The number of hydrogen-bond acceptors (Lipinski definition) is 3. The van der Waals surface area contributed by atoms with Gasteiger partial charge < -0.3 is 10.2 Å². The molecule has 0 aliphatic rings. The van der Waals surface area contributed by atoms with Crippen LogP contribution in [0.4, 0.5) is 5.69 Å². The van der Waals surface area contributed by atoms with Gasteiger partial charge in [0.25, 0.3) is 11.6 Å². The molecule has 138 valence electrons. The van der Waals surface area contributed by atoms with Crippen molar-refractivity contribution in [3.63, 3.8) is 0 Å². The lowest BCUT2D eigenvalue weighted by molar-refractivity contribution is -0.910. The van der Waals surface area contributed by atoms with E-state index in [2.05, 4.69) is 25.2 Å². The first-order chi connectivity index (χ1) is 12.5. The number of hydrogen-bond donors (Lipinski definition) is 2. The lowest BCUT2D eigenvalue weighted by Crippen LogP contribution is -3.10. The molecule has 6 heteroatoms. The Hall–Kier alpha value is -2.73. The minimum Gasteiger partial charge on any atom is -0.348 e. The second-order valence-electron chi connectivity index (χ2n) is 6.34. The standard InChI is InChI=1S/C20H25N3O3/c1-4-22(5-2)14-18-9-7-6-8-17(18)13-21-20(24)16-10-11-19(23(25)26)15(3)12-16/h6-12H,4-5,13-14H2,1-3H3,(H,21,24)/p+1. The summed E-state index contributed by atoms with van der Waals surface area (Å²) in [5.41, 5.74) is 3.26. The minimum absolute atomic E-state index is 0.0223. The van der Waals surface area contributed by atoms with Crippen LogP contribution >= 0.6 is 0 Å². The van der Waals surface area contributed by atoms with E-state index >= 15 is 0 Å². The predicted molar refractivity (Wildman–Crippen MR) is 101 cm³/mol. The fourth-order valence-electron chi connectivity index (χ4n) is 2.95. The van der Waals surface area contributed by atoms with Crippen LogP contribution in [0.25, 0.3) is 0 Å². The van der Waals surface area contributed by atoms with Crippen LogP contribution in [0.15, 0.2) is 42.5 Å². The SMILES string of the molecule is CC[NH+](CC)Cc1ccccc1CNC(=O)c1ccc([N+](=O)[O-])c(C)c1. The smallest absolute Gasteiger partial charge is 0.272 e. The van der Waals surface area contributed by atoms with Crippen molar-refractivity contribution in [1.29, 1.82) is 0 Å². The highest BCUT2D eigenvalue weighted by atomic mass is 16.6. The largest absolute Gasteiger partial charge is 0.348 e. The molecule has 0 aliphatic heterocycles. The van der Waals surface area contributed by atoms with Gasteiger partial charge in [-0.3, -0.25) is 14.9 Å². The Labute approximate surface area is 154 Å². The molecule has 26 heavy (non-hydrogen) atoms. The normalized spacial score (nSPS) is 10.8. The van der Waals surface area contributed by atoms with E-state index in [1.165, 1.54) is 22.6 Å². The van der Waals surface area contributed by atoms with Crippen molar-refractivity contribution in [2.24, 2.45) is 0 Å². The van der Waals surface area contributed by atoms with Gasteiger partial charge in [0, 0.05) is 29.3 Å². The molecule has 0 fully saturated rings. The van der Waals surface area contributed by atoms with E-state index in [9.17, 15) is 14.9 Å². The average molecular weight is 356 g/mol. The van der Waals surface area contributed by atoms with E-state index in [0.717, 1.165) is 25.2 Å². The van der Waals surface area contributed by atoms with E-state index < -0.39 is 4.92 Å². The number of rotatable bonds is 8. The van der Waals surface area contributed by atoms with Gasteiger partial charge in [0.1, 0.15) is 6.54 Å². The third-order valence-corrected chi connectivity index (χ3v) is 4.65. The van der Waals surface area contributed by atoms with Crippen molar-refractivity contribution in [2.45, 2.75) is 33.9 Å². The molecular formula is C20H26N3O3+. The first-order valence-corrected chi connectivity index (χ1v) is 8.89. The lowest BCUT2D eigenvalue weighted by atomic mass is 10.1. The van der Waals surface area contributed by atoms with E-state index in [1.807, 2.05) is 18.2 Å². The Morgan fingerprint density at radius 3 is 2.35 bits per heavy atom. The van der Waals surface area contributed by atoms with Gasteiger partial charge in [0.2, 0.25) is 0 Å². The summed E-state index contributed by atoms with van der Waals surface area (Å²) in [4.78, 5) is 24.3. The molecule has 0 saturated heterocycles. The van der Waals surface area contributed by atoms with Crippen molar-refractivity contribution in [3.8, 4) is 0 Å². The molecule has 2 aromatic rings. The van der Waals surface area contributed by atoms with E-state index in [-0.39, 0.29) is 11.6 Å². The molecule has 0 bridgehead atoms. The molecule has 0 spiro atoms. The maximum Gasteiger partial charge on any atom is 0.272 e. The van der Waals surface area contributed by atoms with Gasteiger partial charge in [-0.05, 0) is 38.5 Å². The first kappa shape index (κ1) is 19.6. The van der Waals surface area contributed by atoms with Crippen molar-refractivity contribution in [3.05, 3.63) is 74.8 Å². The predicted octanol–water partition coefficient (Wildman–Crippen LogP) is 2.26. The monoisotopic (exact) mass is 356 g/mol. The molecule has 1 amide bonds. The first-order valence-electron chi connectivity index (χ1n) is 8.89. The van der Waals surface area contributed by atoms with Gasteiger partial charge in [-0.2, -0.15) is 0 Å². The van der Waals surface area contributed by atoms with Crippen LogP contribution in [-0.2, 0) is 13.1 Å². The summed E-state index contributed by atoms with van der Waals surface area (Å²) in [6.07, 6.45) is 0. The summed E-state index contributed by atoms with van der Waals surface area (Å²) in [5, 5.41) is 13.8. The second kappa shape index (κ2) is 9.10. The Balaban J connectivity index is 2.08. The molecule has 6 nitrogen and oxygen atoms in total. The number of carbonyl (C=O) groups is 1. The molecular weight excluding hydrogens is 330 g/mol. The zero-order chi connectivity index (χ0) is 19.1. The average Bonchev–Trinajstić information content (AvgIpc) is 2.64. The van der Waals surface area contributed by atoms with Crippen LogP contribution < -0.4 is 10.2 Å². The van der Waals surface area contributed by atoms with Gasteiger partial charge in [0.15, 0.2) is 0 Å². The van der Waals surface area contributed by atoms with Gasteiger partial charge in [-0.15, -0.1) is 0 Å². The lowest BCUT2D eigenvalue weighted by Gasteiger charge is -2.18. The number of nitro groups is 1. The number of nitrogens with one attached hydrogen (secondary N) is 2. The molecule has 2 N–H and O–H groups in total. The van der Waals surface area contributed by atoms with Crippen molar-refractivity contribution < 1.29 is 14.6 Å². The van der Waals surface area contributed by atoms with Crippen LogP contribution in [0.3, 0.4) is 0 Å². The van der Waals surface area contributed by atoms with Crippen LogP contribution in [-0.4, -0.2) is 23.9 Å². The summed E-state index contributed by atoms with van der Waals surface area (Å²) >= 11 is 0. The Bertz CT molecular complexity index is 786. The topological polar surface area (TPSA) is 76.7 Å². The third-order valence-electron chi connectivity index (χ3n) is 4.65. The van der Waals surface area contributed by atoms with Crippen molar-refractivity contribution in [1.82, 2.24) is 5.32 Å². The highest BCUT2D eigenvalue weighted by molar-refractivity contribution is 5.94. The third kappa shape index (κ3) is 4.89. The maximum absolute atomic E-state index is 12.4. The Morgan fingerprint density at radius 1 is 1.12 bits per heavy atom. The molecule has 0 atom stereocenters. The number of aryl methyl sites for hydroxylation is 1. The van der Waals surface area contributed by atoms with Crippen LogP contribution in [0.5, 0.6) is 0 Å². The highest BCUT2D eigenvalue weighted by Gasteiger charge is 2.14. The maximum atomic E-state index is 12.4. The molecule has 0 heterocycles. The summed E-state index contributed by atoms with van der Waals surface area (Å²) in [6.45, 7) is 9.44.